The molecule has 0 aliphatic carbocycles. The number of carboxylic acids is 1. The number of benzene rings is 2. The molecule has 128 valence electrons. The van der Waals surface area contributed by atoms with Crippen molar-refractivity contribution in [2.24, 2.45) is 10.1 Å². The van der Waals surface area contributed by atoms with Crippen LogP contribution in [0, 0.1) is 0 Å². The number of sulfonamides is 1. The maximum atomic E-state index is 11.2. The van der Waals surface area contributed by atoms with Gasteiger partial charge in [0.1, 0.15) is 0 Å². The summed E-state index contributed by atoms with van der Waals surface area (Å²) in [6.07, 6.45) is 1.37. The van der Waals surface area contributed by atoms with E-state index in [0.717, 1.165) is 0 Å². The fourth-order valence-corrected chi connectivity index (χ4v) is 2.84. The number of hydrogen-bond donors (Lipinski definition) is 4. The van der Waals surface area contributed by atoms with Gasteiger partial charge in [-0.1, -0.05) is 0 Å². The van der Waals surface area contributed by atoms with E-state index in [1.807, 2.05) is 0 Å². The molecule has 0 unspecified atom stereocenters. The Bertz CT molecular complexity index is 1100. The van der Waals surface area contributed by atoms with Crippen molar-refractivity contribution in [2.75, 3.05) is 0 Å². The second-order valence-corrected chi connectivity index (χ2v) is 6.81. The molecule has 0 saturated heterocycles. The number of fused-ring (bicyclic) bond motifs is 1. The van der Waals surface area contributed by atoms with Gasteiger partial charge in [-0.3, -0.25) is 4.99 Å². The number of aromatic carboxylic acids is 1. The van der Waals surface area contributed by atoms with E-state index >= 15 is 0 Å². The van der Waals surface area contributed by atoms with Crippen LogP contribution in [0.15, 0.2) is 52.4 Å². The lowest BCUT2D eigenvalue weighted by atomic mass is 10.1. The molecule has 0 radical (unpaired) electrons. The van der Waals surface area contributed by atoms with Gasteiger partial charge >= 0.3 is 5.97 Å². The number of aromatic nitrogens is 1. The smallest absolute Gasteiger partial charge is 0.335 e. The van der Waals surface area contributed by atoms with Crippen LogP contribution in [0.4, 0.5) is 5.69 Å². The molecule has 3 aromatic rings. The third-order valence-corrected chi connectivity index (χ3v) is 4.50. The number of primary sulfonamides is 1. The van der Waals surface area contributed by atoms with Crippen molar-refractivity contribution in [3.63, 3.8) is 0 Å². The molecule has 25 heavy (non-hydrogen) atoms. The Morgan fingerprint density at radius 1 is 1.16 bits per heavy atom. The summed E-state index contributed by atoms with van der Waals surface area (Å²) < 4.78 is 22.4. The molecular weight excluding hydrogens is 346 g/mol. The highest BCUT2D eigenvalue weighted by Crippen LogP contribution is 2.27. The number of carbonyl (C=O) groups is 1. The van der Waals surface area contributed by atoms with Gasteiger partial charge in [-0.05, 0) is 42.5 Å². The van der Waals surface area contributed by atoms with Crippen LogP contribution in [0.25, 0.3) is 10.9 Å². The molecule has 8 nitrogen and oxygen atoms in total. The molecule has 1 heterocycles. The lowest BCUT2D eigenvalue weighted by Gasteiger charge is -1.99. The van der Waals surface area contributed by atoms with E-state index in [4.69, 9.17) is 10.2 Å². The average molecular weight is 359 g/mol. The molecule has 0 amide bonds. The van der Waals surface area contributed by atoms with Crippen molar-refractivity contribution in [3.05, 3.63) is 53.6 Å². The van der Waals surface area contributed by atoms with Gasteiger partial charge in [-0.15, -0.1) is 0 Å². The lowest BCUT2D eigenvalue weighted by Crippen LogP contribution is -2.11. The van der Waals surface area contributed by atoms with Gasteiger partial charge in [-0.25, -0.2) is 18.4 Å². The van der Waals surface area contributed by atoms with E-state index in [1.54, 1.807) is 6.07 Å². The van der Waals surface area contributed by atoms with E-state index in [2.05, 4.69) is 9.98 Å². The molecule has 1 aromatic heterocycles. The average Bonchev–Trinajstić information content (AvgIpc) is 2.87. The number of aromatic hydroxyl groups is 1. The minimum absolute atomic E-state index is 0.0347. The van der Waals surface area contributed by atoms with Crippen LogP contribution >= 0.6 is 0 Å². The second-order valence-electron chi connectivity index (χ2n) is 5.25. The summed E-state index contributed by atoms with van der Waals surface area (Å²) in [5.74, 6) is -1.23. The van der Waals surface area contributed by atoms with Gasteiger partial charge in [0.15, 0.2) is 5.88 Å². The molecule has 2 aromatic carbocycles. The molecule has 0 saturated carbocycles. The molecule has 0 atom stereocenters. The molecule has 5 N–H and O–H groups in total. The summed E-state index contributed by atoms with van der Waals surface area (Å²) in [5.41, 5.74) is 1.41. The van der Waals surface area contributed by atoms with Crippen molar-refractivity contribution in [1.29, 1.82) is 0 Å². The molecule has 0 spiro atoms. The van der Waals surface area contributed by atoms with Crippen molar-refractivity contribution < 1.29 is 23.4 Å². The summed E-state index contributed by atoms with van der Waals surface area (Å²) in [6.45, 7) is 0. The van der Waals surface area contributed by atoms with E-state index in [0.29, 0.717) is 22.2 Å². The van der Waals surface area contributed by atoms with Crippen molar-refractivity contribution in [2.45, 2.75) is 4.90 Å². The van der Waals surface area contributed by atoms with Crippen LogP contribution in [0.3, 0.4) is 0 Å². The fourth-order valence-electron chi connectivity index (χ4n) is 2.32. The van der Waals surface area contributed by atoms with Crippen LogP contribution in [-0.2, 0) is 10.0 Å². The number of nitrogens with one attached hydrogen (secondary N) is 1. The first-order valence-corrected chi connectivity index (χ1v) is 8.55. The number of rotatable bonds is 4. The number of H-pyrrole nitrogens is 1. The Hall–Kier alpha value is -3.17. The number of aliphatic imine (C=N–C) groups is 1. The van der Waals surface area contributed by atoms with Crippen LogP contribution in [0.2, 0.25) is 0 Å². The fraction of sp³-hybridized carbons (Fsp3) is 0. The first-order valence-electron chi connectivity index (χ1n) is 7.00. The van der Waals surface area contributed by atoms with Crippen LogP contribution in [0.1, 0.15) is 15.9 Å². The lowest BCUT2D eigenvalue weighted by molar-refractivity contribution is 0.0697. The largest absolute Gasteiger partial charge is 0.494 e. The second kappa shape index (κ2) is 6.04. The monoisotopic (exact) mass is 359 g/mol. The standard InChI is InChI=1S/C16H13N3O5S/c17-25(23,24)11-4-2-10(3-5-11)18-8-13-12-7-9(16(21)22)1-6-14(12)19-15(13)20/h1-8,19-20H,(H,21,22)(H2,17,23,24). The van der Waals surface area contributed by atoms with Crippen LogP contribution in [0.5, 0.6) is 5.88 Å². The summed E-state index contributed by atoms with van der Waals surface area (Å²) in [5, 5.41) is 24.6. The highest BCUT2D eigenvalue weighted by atomic mass is 32.2. The number of carboxylic acid groups (broad SMARTS) is 1. The first kappa shape index (κ1) is 16.7. The topological polar surface area (TPSA) is 146 Å². The maximum Gasteiger partial charge on any atom is 0.335 e. The summed E-state index contributed by atoms with van der Waals surface area (Å²) in [7, 11) is -3.78. The number of aromatic amines is 1. The summed E-state index contributed by atoms with van der Waals surface area (Å²) in [6, 6.07) is 9.97. The highest BCUT2D eigenvalue weighted by Gasteiger charge is 2.12. The Kier molecular flexibility index (Phi) is 4.03. The molecular formula is C16H13N3O5S. The predicted molar refractivity (Wildman–Crippen MR) is 92.0 cm³/mol. The molecule has 0 fully saturated rings. The van der Waals surface area contributed by atoms with E-state index in [1.165, 1.54) is 42.6 Å². The predicted octanol–water partition coefficient (Wildman–Crippen LogP) is 1.97. The van der Waals surface area contributed by atoms with E-state index < -0.39 is 16.0 Å². The molecule has 0 bridgehead atoms. The normalized spacial score (nSPS) is 12.0. The zero-order chi connectivity index (χ0) is 18.2. The van der Waals surface area contributed by atoms with Crippen LogP contribution < -0.4 is 5.14 Å². The molecule has 0 aliphatic heterocycles. The summed E-state index contributed by atoms with van der Waals surface area (Å²) in [4.78, 5) is 18.0. The number of hydrogen-bond acceptors (Lipinski definition) is 5. The van der Waals surface area contributed by atoms with Crippen molar-refractivity contribution >= 4 is 38.8 Å². The maximum absolute atomic E-state index is 11.2. The third-order valence-electron chi connectivity index (χ3n) is 3.57. The SMILES string of the molecule is NS(=O)(=O)c1ccc(N=Cc2c(O)[nH]c3ccc(C(=O)O)cc23)cc1. The Labute approximate surface area is 142 Å². The molecule has 3 rings (SSSR count). The minimum Gasteiger partial charge on any atom is -0.494 e. The van der Waals surface area contributed by atoms with Gasteiger partial charge in [-0.2, -0.15) is 0 Å². The van der Waals surface area contributed by atoms with E-state index in [9.17, 15) is 18.3 Å². The van der Waals surface area contributed by atoms with Gasteiger partial charge in [0.05, 0.1) is 21.7 Å². The first-order chi connectivity index (χ1) is 11.8. The Balaban J connectivity index is 1.99. The van der Waals surface area contributed by atoms with Crippen molar-refractivity contribution in [1.82, 2.24) is 4.98 Å². The van der Waals surface area contributed by atoms with Gasteiger partial charge in [0.25, 0.3) is 0 Å². The quantitative estimate of drug-likeness (QED) is 0.526. The zero-order valence-electron chi connectivity index (χ0n) is 12.7. The van der Waals surface area contributed by atoms with Crippen LogP contribution in [-0.4, -0.2) is 35.8 Å². The Morgan fingerprint density at radius 3 is 2.44 bits per heavy atom. The third kappa shape index (κ3) is 3.37. The number of nitrogens with zero attached hydrogens (tertiary/aromatic N) is 1. The zero-order valence-corrected chi connectivity index (χ0v) is 13.5. The molecule has 0 aliphatic rings. The van der Waals surface area contributed by atoms with Gasteiger partial charge in [0.2, 0.25) is 10.0 Å². The summed E-state index contributed by atoms with van der Waals surface area (Å²) >= 11 is 0. The van der Waals surface area contributed by atoms with E-state index in [-0.39, 0.29) is 16.3 Å². The van der Waals surface area contributed by atoms with Gasteiger partial charge in [0, 0.05) is 17.1 Å². The molecule has 9 heteroatoms. The van der Waals surface area contributed by atoms with Crippen molar-refractivity contribution in [3.8, 4) is 5.88 Å². The highest BCUT2D eigenvalue weighted by molar-refractivity contribution is 7.89. The minimum atomic E-state index is -3.78. The number of nitrogens with two attached hydrogens (primary N) is 1. The Morgan fingerprint density at radius 2 is 1.84 bits per heavy atom. The van der Waals surface area contributed by atoms with Gasteiger partial charge < -0.3 is 15.2 Å².